The van der Waals surface area contributed by atoms with E-state index in [-0.39, 0.29) is 17.9 Å². The van der Waals surface area contributed by atoms with Gasteiger partial charge in [-0.25, -0.2) is 4.98 Å². The largest absolute Gasteiger partial charge is 0.310 e. The van der Waals surface area contributed by atoms with E-state index in [0.717, 1.165) is 51.7 Å². The number of rotatable bonds is 5. The molecule has 0 fully saturated rings. The SMILES string of the molecule is O=C(Cc1cccc2ccccc12)Nc1cc(-c2cccs2)nn1-c1nc2c(c(=O)[nH]1)CCC2. The van der Waals surface area contributed by atoms with Gasteiger partial charge in [-0.1, -0.05) is 48.5 Å². The maximum atomic E-state index is 13.1. The fourth-order valence-electron chi connectivity index (χ4n) is 4.51. The van der Waals surface area contributed by atoms with Gasteiger partial charge >= 0.3 is 0 Å². The van der Waals surface area contributed by atoms with E-state index in [2.05, 4.69) is 20.4 Å². The van der Waals surface area contributed by atoms with E-state index in [9.17, 15) is 9.59 Å². The smallest absolute Gasteiger partial charge is 0.255 e. The number of carbonyl (C=O) groups is 1. The van der Waals surface area contributed by atoms with Crippen molar-refractivity contribution in [3.05, 3.63) is 93.2 Å². The van der Waals surface area contributed by atoms with E-state index in [1.807, 2.05) is 66.0 Å². The third kappa shape index (κ3) is 3.72. The molecule has 2 N–H and O–H groups in total. The zero-order chi connectivity index (χ0) is 23.1. The number of nitrogens with zero attached hydrogens (tertiary/aromatic N) is 3. The van der Waals surface area contributed by atoms with Crippen molar-refractivity contribution in [1.29, 1.82) is 0 Å². The Balaban J connectivity index is 1.37. The summed E-state index contributed by atoms with van der Waals surface area (Å²) in [5, 5.41) is 11.8. The van der Waals surface area contributed by atoms with Gasteiger partial charge in [0.1, 0.15) is 11.5 Å². The molecule has 0 radical (unpaired) electrons. The first-order valence-corrected chi connectivity index (χ1v) is 12.1. The fraction of sp³-hybridized carbons (Fsp3) is 0.154. The number of aromatic nitrogens is 4. The van der Waals surface area contributed by atoms with Gasteiger partial charge in [-0.2, -0.15) is 9.78 Å². The molecule has 34 heavy (non-hydrogen) atoms. The molecule has 0 unspecified atom stereocenters. The molecular formula is C26H21N5O2S. The van der Waals surface area contributed by atoms with Crippen molar-refractivity contribution in [2.75, 3.05) is 5.32 Å². The van der Waals surface area contributed by atoms with Crippen molar-refractivity contribution in [3.63, 3.8) is 0 Å². The van der Waals surface area contributed by atoms with Gasteiger partial charge in [-0.05, 0) is 47.0 Å². The lowest BCUT2D eigenvalue weighted by Crippen LogP contribution is -2.21. The van der Waals surface area contributed by atoms with E-state index < -0.39 is 0 Å². The van der Waals surface area contributed by atoms with Crippen LogP contribution in [0.5, 0.6) is 0 Å². The number of nitrogens with one attached hydrogen (secondary N) is 2. The summed E-state index contributed by atoms with van der Waals surface area (Å²) >= 11 is 1.56. The van der Waals surface area contributed by atoms with Gasteiger partial charge in [0.25, 0.3) is 5.56 Å². The third-order valence-corrected chi connectivity index (χ3v) is 7.00. The lowest BCUT2D eigenvalue weighted by Gasteiger charge is -2.10. The molecule has 8 heteroatoms. The molecule has 1 aliphatic carbocycles. The van der Waals surface area contributed by atoms with E-state index in [1.165, 1.54) is 4.68 Å². The minimum Gasteiger partial charge on any atom is -0.310 e. The highest BCUT2D eigenvalue weighted by molar-refractivity contribution is 7.13. The van der Waals surface area contributed by atoms with Crippen LogP contribution in [0.2, 0.25) is 0 Å². The van der Waals surface area contributed by atoms with Gasteiger partial charge in [0.15, 0.2) is 0 Å². The summed E-state index contributed by atoms with van der Waals surface area (Å²) in [5.74, 6) is 0.613. The molecule has 3 aromatic heterocycles. The van der Waals surface area contributed by atoms with Crippen LogP contribution in [0, 0.1) is 0 Å². The molecule has 0 aliphatic heterocycles. The van der Waals surface area contributed by atoms with Crippen LogP contribution in [0.3, 0.4) is 0 Å². The van der Waals surface area contributed by atoms with E-state index >= 15 is 0 Å². The lowest BCUT2D eigenvalue weighted by molar-refractivity contribution is -0.115. The molecule has 0 bridgehead atoms. The lowest BCUT2D eigenvalue weighted by atomic mass is 10.0. The third-order valence-electron chi connectivity index (χ3n) is 6.11. The van der Waals surface area contributed by atoms with Gasteiger partial charge in [-0.15, -0.1) is 11.3 Å². The molecule has 0 saturated carbocycles. The van der Waals surface area contributed by atoms with Crippen LogP contribution in [0.4, 0.5) is 5.82 Å². The zero-order valence-corrected chi connectivity index (χ0v) is 19.1. The van der Waals surface area contributed by atoms with Crippen molar-refractivity contribution >= 4 is 33.8 Å². The number of anilines is 1. The summed E-state index contributed by atoms with van der Waals surface area (Å²) < 4.78 is 1.52. The Hall–Kier alpha value is -4.04. The predicted octanol–water partition coefficient (Wildman–Crippen LogP) is 4.51. The number of aromatic amines is 1. The first-order chi connectivity index (χ1) is 16.7. The number of benzene rings is 2. The van der Waals surface area contributed by atoms with E-state index in [0.29, 0.717) is 17.5 Å². The maximum absolute atomic E-state index is 13.1. The molecule has 1 amide bonds. The minimum absolute atomic E-state index is 0.140. The Labute approximate surface area is 199 Å². The van der Waals surface area contributed by atoms with Crippen LogP contribution in [0.15, 0.2) is 70.8 Å². The molecule has 3 heterocycles. The number of hydrogen-bond acceptors (Lipinski definition) is 5. The summed E-state index contributed by atoms with van der Waals surface area (Å²) in [7, 11) is 0. The van der Waals surface area contributed by atoms with Crippen molar-refractivity contribution in [2.45, 2.75) is 25.7 Å². The molecule has 0 saturated heterocycles. The highest BCUT2D eigenvalue weighted by Gasteiger charge is 2.21. The summed E-state index contributed by atoms with van der Waals surface area (Å²) in [6.45, 7) is 0. The Morgan fingerprint density at radius 2 is 1.97 bits per heavy atom. The molecule has 6 rings (SSSR count). The standard InChI is InChI=1S/C26H21N5O2S/c32-24(14-17-8-3-7-16-6-1-2-9-18(16)17)28-23-15-21(22-12-5-13-34-22)30-31(23)26-27-20-11-4-10-19(20)25(33)29-26/h1-3,5-9,12-13,15H,4,10-11,14H2,(H,28,32)(H,27,29,33). The maximum Gasteiger partial charge on any atom is 0.255 e. The minimum atomic E-state index is -0.168. The normalized spacial score (nSPS) is 12.7. The number of carbonyl (C=O) groups excluding carboxylic acids is 1. The van der Waals surface area contributed by atoms with Crippen molar-refractivity contribution in [3.8, 4) is 16.5 Å². The molecule has 168 valence electrons. The van der Waals surface area contributed by atoms with Crippen LogP contribution in [0.1, 0.15) is 23.2 Å². The average molecular weight is 468 g/mol. The summed E-state index contributed by atoms with van der Waals surface area (Å²) in [6.07, 6.45) is 2.65. The monoisotopic (exact) mass is 467 g/mol. The second kappa shape index (κ2) is 8.39. The number of H-pyrrole nitrogens is 1. The zero-order valence-electron chi connectivity index (χ0n) is 18.2. The second-order valence-corrected chi connectivity index (χ2v) is 9.28. The molecule has 0 atom stereocenters. The Morgan fingerprint density at radius 3 is 2.85 bits per heavy atom. The van der Waals surface area contributed by atoms with Crippen molar-refractivity contribution < 1.29 is 4.79 Å². The first-order valence-electron chi connectivity index (χ1n) is 11.2. The fourth-order valence-corrected chi connectivity index (χ4v) is 5.19. The Kier molecular flexibility index (Phi) is 5.07. The van der Waals surface area contributed by atoms with Gasteiger partial charge < -0.3 is 5.32 Å². The highest BCUT2D eigenvalue weighted by Crippen LogP contribution is 2.28. The van der Waals surface area contributed by atoms with Crippen molar-refractivity contribution in [1.82, 2.24) is 19.7 Å². The number of aryl methyl sites for hydroxylation is 1. The van der Waals surface area contributed by atoms with Gasteiger partial charge in [0.2, 0.25) is 11.9 Å². The van der Waals surface area contributed by atoms with E-state index in [1.54, 1.807) is 11.3 Å². The van der Waals surface area contributed by atoms with Crippen LogP contribution in [-0.2, 0) is 24.1 Å². The number of fused-ring (bicyclic) bond motifs is 2. The summed E-state index contributed by atoms with van der Waals surface area (Å²) in [4.78, 5) is 34.2. The van der Waals surface area contributed by atoms with Gasteiger partial charge in [-0.3, -0.25) is 14.6 Å². The molecule has 5 aromatic rings. The summed E-state index contributed by atoms with van der Waals surface area (Å²) in [5.41, 5.74) is 3.07. The molecule has 1 aliphatic rings. The molecule has 7 nitrogen and oxygen atoms in total. The highest BCUT2D eigenvalue weighted by atomic mass is 32.1. The quantitative estimate of drug-likeness (QED) is 0.398. The second-order valence-electron chi connectivity index (χ2n) is 8.34. The Bertz CT molecular complexity index is 1580. The van der Waals surface area contributed by atoms with Gasteiger partial charge in [0, 0.05) is 11.6 Å². The van der Waals surface area contributed by atoms with Crippen LogP contribution < -0.4 is 10.9 Å². The van der Waals surface area contributed by atoms with Crippen LogP contribution in [0.25, 0.3) is 27.3 Å². The number of thiophene rings is 1. The van der Waals surface area contributed by atoms with Crippen molar-refractivity contribution in [2.24, 2.45) is 0 Å². The average Bonchev–Trinajstić information content (AvgIpc) is 3.60. The topological polar surface area (TPSA) is 92.7 Å². The number of amides is 1. The Morgan fingerprint density at radius 1 is 1.09 bits per heavy atom. The predicted molar refractivity (Wildman–Crippen MR) is 134 cm³/mol. The molecule has 0 spiro atoms. The molecular weight excluding hydrogens is 446 g/mol. The van der Waals surface area contributed by atoms with Crippen LogP contribution in [-0.4, -0.2) is 25.7 Å². The molecule has 2 aromatic carbocycles. The van der Waals surface area contributed by atoms with Gasteiger partial charge in [0.05, 0.1) is 17.0 Å². The number of hydrogen-bond donors (Lipinski definition) is 2. The van der Waals surface area contributed by atoms with E-state index in [4.69, 9.17) is 0 Å². The van der Waals surface area contributed by atoms with Crippen LogP contribution >= 0.6 is 11.3 Å². The first kappa shape index (κ1) is 20.6. The summed E-state index contributed by atoms with van der Waals surface area (Å²) in [6, 6.07) is 19.7.